The standard InChI is InChI=1S/C16H20N2O2S/c1-3-9-18-15(19)11-13(16(18)20)17-12-7-5-6-8-14(12)21-10-4-2/h4-8,13,17H,2-3,9-11H2,1H3. The molecule has 0 radical (unpaired) electrons. The van der Waals surface area contributed by atoms with E-state index in [-0.39, 0.29) is 18.2 Å². The molecule has 5 heteroatoms. The first-order valence-corrected chi connectivity index (χ1v) is 8.09. The number of hydrogen-bond donors (Lipinski definition) is 1. The Morgan fingerprint density at radius 2 is 2.19 bits per heavy atom. The number of hydrogen-bond acceptors (Lipinski definition) is 4. The molecular formula is C16H20N2O2S. The van der Waals surface area contributed by atoms with Gasteiger partial charge in [0.15, 0.2) is 0 Å². The summed E-state index contributed by atoms with van der Waals surface area (Å²) < 4.78 is 0. The predicted octanol–water partition coefficient (Wildman–Crippen LogP) is 2.91. The van der Waals surface area contributed by atoms with Gasteiger partial charge in [-0.1, -0.05) is 25.1 Å². The lowest BCUT2D eigenvalue weighted by molar-refractivity contribution is -0.138. The lowest BCUT2D eigenvalue weighted by Gasteiger charge is -2.16. The van der Waals surface area contributed by atoms with E-state index in [4.69, 9.17) is 0 Å². The molecule has 1 aliphatic heterocycles. The molecule has 21 heavy (non-hydrogen) atoms. The van der Waals surface area contributed by atoms with Gasteiger partial charge in [0, 0.05) is 22.9 Å². The Hall–Kier alpha value is -1.75. The minimum Gasteiger partial charge on any atom is -0.372 e. The van der Waals surface area contributed by atoms with Crippen LogP contribution in [0.3, 0.4) is 0 Å². The van der Waals surface area contributed by atoms with Crippen molar-refractivity contribution >= 4 is 29.3 Å². The molecule has 0 spiro atoms. The molecular weight excluding hydrogens is 284 g/mol. The largest absolute Gasteiger partial charge is 0.372 e. The Balaban J connectivity index is 2.10. The smallest absolute Gasteiger partial charge is 0.252 e. The van der Waals surface area contributed by atoms with Crippen LogP contribution in [-0.2, 0) is 9.59 Å². The molecule has 1 atom stereocenters. The van der Waals surface area contributed by atoms with Crippen LogP contribution in [0.15, 0.2) is 41.8 Å². The van der Waals surface area contributed by atoms with E-state index in [2.05, 4.69) is 11.9 Å². The van der Waals surface area contributed by atoms with E-state index in [1.54, 1.807) is 11.8 Å². The molecule has 2 rings (SSSR count). The van der Waals surface area contributed by atoms with E-state index in [1.807, 2.05) is 37.3 Å². The molecule has 1 aromatic rings. The number of thioether (sulfide) groups is 1. The van der Waals surface area contributed by atoms with Crippen LogP contribution in [0, 0.1) is 0 Å². The molecule has 4 nitrogen and oxygen atoms in total. The SMILES string of the molecule is C=CCSc1ccccc1NC1CC(=O)N(CCC)C1=O. The molecule has 1 aromatic carbocycles. The zero-order valence-corrected chi connectivity index (χ0v) is 13.0. The van der Waals surface area contributed by atoms with Gasteiger partial charge in [0.05, 0.1) is 6.42 Å². The second-order valence-corrected chi connectivity index (χ2v) is 5.94. The molecule has 1 unspecified atom stereocenters. The van der Waals surface area contributed by atoms with Gasteiger partial charge in [-0.05, 0) is 18.6 Å². The molecule has 0 bridgehead atoms. The van der Waals surface area contributed by atoms with Crippen LogP contribution in [0.25, 0.3) is 0 Å². The first kappa shape index (κ1) is 15.6. The van der Waals surface area contributed by atoms with E-state index in [1.165, 1.54) is 4.90 Å². The molecule has 1 saturated heterocycles. The molecule has 0 saturated carbocycles. The zero-order chi connectivity index (χ0) is 15.2. The highest BCUT2D eigenvalue weighted by Crippen LogP contribution is 2.29. The fourth-order valence-electron chi connectivity index (χ4n) is 2.30. The summed E-state index contributed by atoms with van der Waals surface area (Å²) in [6.07, 6.45) is 2.87. The first-order valence-electron chi connectivity index (χ1n) is 7.10. The second kappa shape index (κ2) is 7.31. The van der Waals surface area contributed by atoms with Crippen molar-refractivity contribution in [2.24, 2.45) is 0 Å². The summed E-state index contributed by atoms with van der Waals surface area (Å²) in [6.45, 7) is 6.18. The van der Waals surface area contributed by atoms with Crippen molar-refractivity contribution in [3.05, 3.63) is 36.9 Å². The summed E-state index contributed by atoms with van der Waals surface area (Å²) in [5.41, 5.74) is 0.897. The maximum atomic E-state index is 12.3. The number of likely N-dealkylation sites (tertiary alicyclic amines) is 1. The summed E-state index contributed by atoms with van der Waals surface area (Å²) in [5, 5.41) is 3.22. The van der Waals surface area contributed by atoms with Gasteiger partial charge in [0.2, 0.25) is 5.91 Å². The average Bonchev–Trinajstić information content (AvgIpc) is 2.74. The Morgan fingerprint density at radius 3 is 2.90 bits per heavy atom. The number of carbonyl (C=O) groups is 2. The minimum atomic E-state index is -0.450. The molecule has 1 N–H and O–H groups in total. The number of imide groups is 1. The van der Waals surface area contributed by atoms with Crippen molar-refractivity contribution in [2.75, 3.05) is 17.6 Å². The predicted molar refractivity (Wildman–Crippen MR) is 86.4 cm³/mol. The Bertz CT molecular complexity index is 545. The molecule has 1 aliphatic rings. The number of anilines is 1. The average molecular weight is 304 g/mol. The monoisotopic (exact) mass is 304 g/mol. The molecule has 2 amide bonds. The third kappa shape index (κ3) is 3.67. The molecule has 112 valence electrons. The van der Waals surface area contributed by atoms with E-state index >= 15 is 0 Å². The number of amides is 2. The lowest BCUT2D eigenvalue weighted by Crippen LogP contribution is -2.35. The van der Waals surface area contributed by atoms with Crippen molar-refractivity contribution in [3.63, 3.8) is 0 Å². The topological polar surface area (TPSA) is 49.4 Å². The van der Waals surface area contributed by atoms with E-state index in [0.717, 1.165) is 22.8 Å². The fraction of sp³-hybridized carbons (Fsp3) is 0.375. The van der Waals surface area contributed by atoms with E-state index in [0.29, 0.717) is 6.54 Å². The van der Waals surface area contributed by atoms with Gasteiger partial charge in [-0.15, -0.1) is 18.3 Å². The van der Waals surface area contributed by atoms with Gasteiger partial charge in [0.1, 0.15) is 6.04 Å². The Kier molecular flexibility index (Phi) is 5.44. The maximum Gasteiger partial charge on any atom is 0.252 e. The van der Waals surface area contributed by atoms with Crippen LogP contribution < -0.4 is 5.32 Å². The van der Waals surface area contributed by atoms with Crippen LogP contribution >= 0.6 is 11.8 Å². The highest BCUT2D eigenvalue weighted by molar-refractivity contribution is 7.99. The first-order chi connectivity index (χ1) is 10.2. The summed E-state index contributed by atoms with van der Waals surface area (Å²) in [5.74, 6) is 0.596. The molecule has 0 aliphatic carbocycles. The number of nitrogens with one attached hydrogen (secondary N) is 1. The zero-order valence-electron chi connectivity index (χ0n) is 12.2. The van der Waals surface area contributed by atoms with Gasteiger partial charge in [-0.25, -0.2) is 0 Å². The number of rotatable bonds is 7. The summed E-state index contributed by atoms with van der Waals surface area (Å²) in [7, 11) is 0. The van der Waals surface area contributed by atoms with Crippen LogP contribution in [0.1, 0.15) is 19.8 Å². The van der Waals surface area contributed by atoms with Crippen LogP contribution in [0.4, 0.5) is 5.69 Å². The van der Waals surface area contributed by atoms with Crippen molar-refractivity contribution in [1.29, 1.82) is 0 Å². The number of nitrogens with zero attached hydrogens (tertiary/aromatic N) is 1. The van der Waals surface area contributed by atoms with Crippen LogP contribution in [0.5, 0.6) is 0 Å². The Morgan fingerprint density at radius 1 is 1.43 bits per heavy atom. The van der Waals surface area contributed by atoms with Crippen molar-refractivity contribution in [1.82, 2.24) is 4.90 Å². The second-order valence-electron chi connectivity index (χ2n) is 4.88. The summed E-state index contributed by atoms with van der Waals surface area (Å²) in [4.78, 5) is 26.6. The van der Waals surface area contributed by atoms with Crippen LogP contribution in [-0.4, -0.2) is 35.1 Å². The summed E-state index contributed by atoms with van der Waals surface area (Å²) in [6, 6.07) is 7.37. The number of benzene rings is 1. The number of para-hydroxylation sites is 1. The third-order valence-corrected chi connectivity index (χ3v) is 4.33. The normalized spacial score (nSPS) is 18.1. The van der Waals surface area contributed by atoms with Gasteiger partial charge in [0.25, 0.3) is 5.91 Å². The molecule has 0 aromatic heterocycles. The van der Waals surface area contributed by atoms with E-state index in [9.17, 15) is 9.59 Å². The minimum absolute atomic E-state index is 0.0874. The molecule has 1 heterocycles. The van der Waals surface area contributed by atoms with Crippen molar-refractivity contribution in [2.45, 2.75) is 30.7 Å². The van der Waals surface area contributed by atoms with Gasteiger partial charge < -0.3 is 5.32 Å². The van der Waals surface area contributed by atoms with Gasteiger partial charge in [-0.2, -0.15) is 0 Å². The summed E-state index contributed by atoms with van der Waals surface area (Å²) >= 11 is 1.65. The van der Waals surface area contributed by atoms with Gasteiger partial charge >= 0.3 is 0 Å². The fourth-order valence-corrected chi connectivity index (χ4v) is 3.06. The van der Waals surface area contributed by atoms with Crippen molar-refractivity contribution in [3.8, 4) is 0 Å². The lowest BCUT2D eigenvalue weighted by atomic mass is 10.2. The van der Waals surface area contributed by atoms with Gasteiger partial charge in [-0.3, -0.25) is 14.5 Å². The highest BCUT2D eigenvalue weighted by Gasteiger charge is 2.38. The van der Waals surface area contributed by atoms with Crippen molar-refractivity contribution < 1.29 is 9.59 Å². The highest BCUT2D eigenvalue weighted by atomic mass is 32.2. The third-order valence-electron chi connectivity index (χ3n) is 3.26. The quantitative estimate of drug-likeness (QED) is 0.478. The number of carbonyl (C=O) groups excluding carboxylic acids is 2. The maximum absolute atomic E-state index is 12.3. The van der Waals surface area contributed by atoms with E-state index < -0.39 is 6.04 Å². The Labute approximate surface area is 129 Å². The van der Waals surface area contributed by atoms with Crippen LogP contribution in [0.2, 0.25) is 0 Å². The molecule has 1 fully saturated rings.